The molecule has 0 bridgehead atoms. The van der Waals surface area contributed by atoms with Crippen LogP contribution in [0.1, 0.15) is 57.3 Å². The van der Waals surface area contributed by atoms with Crippen LogP contribution in [0.25, 0.3) is 22.3 Å². The van der Waals surface area contributed by atoms with Gasteiger partial charge in [0.05, 0.1) is 16.8 Å². The SMILES string of the molecule is c1ccc(N(c2ccccc2)c2cccc3c2C24c5c(cccc5N(c5ccccc5)c5ccc6c(c5)C5(c7ccccc7-c7ccccc75)c5ccccc5-6)CC2CCC4C3)cc1. The number of fused-ring (bicyclic) bond motifs is 12. The molecule has 2 nitrogen and oxygen atoms in total. The fourth-order valence-corrected chi connectivity index (χ4v) is 13.8. The summed E-state index contributed by atoms with van der Waals surface area (Å²) in [7, 11) is 0. The molecule has 0 aromatic heterocycles. The molecular weight excluding hydrogens is 773 g/mol. The Morgan fingerprint density at radius 1 is 0.328 bits per heavy atom. The average molecular weight is 819 g/mol. The molecule has 2 spiro atoms. The van der Waals surface area contributed by atoms with Crippen molar-refractivity contribution in [2.75, 3.05) is 9.80 Å². The molecule has 9 aromatic rings. The van der Waals surface area contributed by atoms with Crippen LogP contribution in [0, 0.1) is 11.8 Å². The summed E-state index contributed by atoms with van der Waals surface area (Å²) in [5.41, 5.74) is 23.7. The minimum Gasteiger partial charge on any atom is -0.310 e. The smallest absolute Gasteiger partial charge is 0.0726 e. The first-order chi connectivity index (χ1) is 31.8. The number of hydrogen-bond donors (Lipinski definition) is 0. The van der Waals surface area contributed by atoms with E-state index in [0.717, 1.165) is 12.8 Å². The van der Waals surface area contributed by atoms with E-state index in [-0.39, 0.29) is 5.41 Å². The van der Waals surface area contributed by atoms with Crippen LogP contribution in [0.4, 0.5) is 34.1 Å². The quantitative estimate of drug-likeness (QED) is 0.165. The van der Waals surface area contributed by atoms with Crippen molar-refractivity contribution in [2.24, 2.45) is 11.8 Å². The first-order valence-electron chi connectivity index (χ1n) is 23.2. The summed E-state index contributed by atoms with van der Waals surface area (Å²) in [6, 6.07) is 82.6. The van der Waals surface area contributed by atoms with Crippen LogP contribution in [-0.4, -0.2) is 0 Å². The van der Waals surface area contributed by atoms with Crippen LogP contribution >= 0.6 is 0 Å². The Kier molecular flexibility index (Phi) is 7.64. The van der Waals surface area contributed by atoms with E-state index in [9.17, 15) is 0 Å². The van der Waals surface area contributed by atoms with Crippen molar-refractivity contribution in [1.82, 2.24) is 0 Å². The third kappa shape index (κ3) is 4.65. The second-order valence-electron chi connectivity index (χ2n) is 18.7. The predicted molar refractivity (Wildman–Crippen MR) is 263 cm³/mol. The van der Waals surface area contributed by atoms with Gasteiger partial charge in [0.1, 0.15) is 0 Å². The molecule has 5 aliphatic carbocycles. The van der Waals surface area contributed by atoms with Crippen molar-refractivity contribution in [2.45, 2.75) is 36.5 Å². The average Bonchev–Trinajstić information content (AvgIpc) is 4.13. The lowest BCUT2D eigenvalue weighted by Gasteiger charge is -2.40. The van der Waals surface area contributed by atoms with Crippen LogP contribution in [-0.2, 0) is 23.7 Å². The number of nitrogens with zero attached hydrogens (tertiary/aromatic N) is 2. The zero-order valence-corrected chi connectivity index (χ0v) is 35.7. The monoisotopic (exact) mass is 818 g/mol. The number of hydrogen-bond acceptors (Lipinski definition) is 2. The molecule has 0 heterocycles. The highest BCUT2D eigenvalue weighted by Crippen LogP contribution is 2.69. The van der Waals surface area contributed by atoms with Crippen LogP contribution in [0.3, 0.4) is 0 Å². The van der Waals surface area contributed by atoms with Gasteiger partial charge >= 0.3 is 0 Å². The Morgan fingerprint density at radius 2 is 0.719 bits per heavy atom. The Hall–Kier alpha value is -7.42. The zero-order chi connectivity index (χ0) is 42.0. The van der Waals surface area contributed by atoms with Gasteiger partial charge in [-0.25, -0.2) is 0 Å². The summed E-state index contributed by atoms with van der Waals surface area (Å²) < 4.78 is 0. The third-order valence-electron chi connectivity index (χ3n) is 15.9. The lowest BCUT2D eigenvalue weighted by molar-refractivity contribution is 0.350. The molecule has 1 saturated carbocycles. The molecule has 9 aromatic carbocycles. The van der Waals surface area contributed by atoms with Crippen molar-refractivity contribution in [3.63, 3.8) is 0 Å². The van der Waals surface area contributed by atoms with E-state index >= 15 is 0 Å². The highest BCUT2D eigenvalue weighted by atomic mass is 15.2. The zero-order valence-electron chi connectivity index (χ0n) is 35.7. The van der Waals surface area contributed by atoms with Crippen LogP contribution < -0.4 is 9.80 Å². The van der Waals surface area contributed by atoms with Crippen molar-refractivity contribution in [3.8, 4) is 22.3 Å². The van der Waals surface area contributed by atoms with Gasteiger partial charge in [0, 0.05) is 28.2 Å². The maximum absolute atomic E-state index is 2.63. The Balaban J connectivity index is 1.02. The highest BCUT2D eigenvalue weighted by molar-refractivity contribution is 5.97. The summed E-state index contributed by atoms with van der Waals surface area (Å²) >= 11 is 0. The summed E-state index contributed by atoms with van der Waals surface area (Å²) in [6.45, 7) is 0. The first kappa shape index (κ1) is 36.1. The second-order valence-corrected chi connectivity index (χ2v) is 18.7. The van der Waals surface area contributed by atoms with Gasteiger partial charge in [-0.3, -0.25) is 0 Å². The van der Waals surface area contributed by atoms with Gasteiger partial charge in [-0.15, -0.1) is 0 Å². The molecular formula is C62H46N2. The van der Waals surface area contributed by atoms with E-state index in [1.54, 1.807) is 0 Å². The molecule has 1 fully saturated rings. The van der Waals surface area contributed by atoms with Gasteiger partial charge in [0.2, 0.25) is 0 Å². The molecule has 304 valence electrons. The standard InChI is InChI=1S/C62H46N2/c1-4-20-45(21-5-1)63(46-22-6-2-7-23-46)57-32-16-18-41-38-43-34-35-44-39-42-19-17-33-58(60(42)61(43,44)59(41)57)64(47-24-8-3-9-25-47)48-36-37-52-51-28-12-15-31-55(51)62(56(52)40-48)53-29-13-10-26-49(53)50-27-11-14-30-54(50)62/h1-33,36-37,40,43-44H,34-35,38-39H2. The van der Waals surface area contributed by atoms with Gasteiger partial charge in [-0.2, -0.15) is 0 Å². The molecule has 0 amide bonds. The lowest BCUT2D eigenvalue weighted by Crippen LogP contribution is -2.34. The largest absolute Gasteiger partial charge is 0.310 e. The Bertz CT molecular complexity index is 3210. The van der Waals surface area contributed by atoms with E-state index in [1.165, 1.54) is 114 Å². The maximum Gasteiger partial charge on any atom is 0.0726 e. The second kappa shape index (κ2) is 13.5. The molecule has 3 atom stereocenters. The molecule has 0 saturated heterocycles. The van der Waals surface area contributed by atoms with Crippen LogP contribution in [0.2, 0.25) is 0 Å². The van der Waals surface area contributed by atoms with Gasteiger partial charge in [0.25, 0.3) is 0 Å². The topological polar surface area (TPSA) is 6.48 Å². The number of para-hydroxylation sites is 3. The van der Waals surface area contributed by atoms with Crippen molar-refractivity contribution >= 4 is 34.1 Å². The Morgan fingerprint density at radius 3 is 1.17 bits per heavy atom. The van der Waals surface area contributed by atoms with E-state index in [0.29, 0.717) is 11.8 Å². The summed E-state index contributed by atoms with van der Waals surface area (Å²) in [6.07, 6.45) is 4.69. The van der Waals surface area contributed by atoms with Crippen molar-refractivity contribution < 1.29 is 0 Å². The molecule has 3 unspecified atom stereocenters. The molecule has 14 rings (SSSR count). The van der Waals surface area contributed by atoms with Gasteiger partial charge in [-0.05, 0) is 165 Å². The fraction of sp³-hybridized carbons (Fsp3) is 0.129. The minimum absolute atomic E-state index is 0.135. The van der Waals surface area contributed by atoms with E-state index in [4.69, 9.17) is 0 Å². The summed E-state index contributed by atoms with van der Waals surface area (Å²) in [4.78, 5) is 5.16. The molecule has 0 radical (unpaired) electrons. The summed E-state index contributed by atoms with van der Waals surface area (Å²) in [5, 5.41) is 0. The van der Waals surface area contributed by atoms with Gasteiger partial charge in [0.15, 0.2) is 0 Å². The normalized spacial score (nSPS) is 19.5. The van der Waals surface area contributed by atoms with Crippen molar-refractivity contribution in [3.05, 3.63) is 263 Å². The molecule has 5 aliphatic rings. The first-order valence-corrected chi connectivity index (χ1v) is 23.2. The van der Waals surface area contributed by atoms with Gasteiger partial charge < -0.3 is 9.80 Å². The fourth-order valence-electron chi connectivity index (χ4n) is 13.8. The highest BCUT2D eigenvalue weighted by Gasteiger charge is 2.62. The number of benzene rings is 9. The van der Waals surface area contributed by atoms with E-state index in [2.05, 4.69) is 228 Å². The Labute approximate surface area is 375 Å². The lowest BCUT2D eigenvalue weighted by atomic mass is 9.68. The molecule has 64 heavy (non-hydrogen) atoms. The van der Waals surface area contributed by atoms with Crippen LogP contribution in [0.15, 0.2) is 218 Å². The van der Waals surface area contributed by atoms with E-state index < -0.39 is 5.41 Å². The van der Waals surface area contributed by atoms with Crippen LogP contribution in [0.5, 0.6) is 0 Å². The molecule has 0 N–H and O–H groups in total. The van der Waals surface area contributed by atoms with E-state index in [1.807, 2.05) is 0 Å². The summed E-state index contributed by atoms with van der Waals surface area (Å²) in [5.74, 6) is 1.04. The number of anilines is 6. The van der Waals surface area contributed by atoms with Crippen molar-refractivity contribution in [1.29, 1.82) is 0 Å². The maximum atomic E-state index is 2.63. The number of rotatable bonds is 6. The molecule has 2 heteroatoms. The molecule has 0 aliphatic heterocycles. The third-order valence-corrected chi connectivity index (χ3v) is 15.9. The van der Waals surface area contributed by atoms with Gasteiger partial charge in [-0.1, -0.05) is 158 Å². The predicted octanol–water partition coefficient (Wildman–Crippen LogP) is 15.4. The minimum atomic E-state index is -0.423.